The van der Waals surface area contributed by atoms with E-state index in [1.165, 1.54) is 24.2 Å². The molecule has 6 heteroatoms. The molecule has 2 aliphatic carbocycles. The minimum absolute atomic E-state index is 0.243. The van der Waals surface area contributed by atoms with Gasteiger partial charge in [0.05, 0.1) is 9.88 Å². The van der Waals surface area contributed by atoms with Crippen molar-refractivity contribution in [3.63, 3.8) is 0 Å². The summed E-state index contributed by atoms with van der Waals surface area (Å²) in [5.74, 6) is 1.57. The predicted molar refractivity (Wildman–Crippen MR) is 68.1 cm³/mol. The van der Waals surface area contributed by atoms with E-state index in [4.69, 9.17) is 0 Å². The van der Waals surface area contributed by atoms with Crippen molar-refractivity contribution in [3.05, 3.63) is 15.6 Å². The van der Waals surface area contributed by atoms with Gasteiger partial charge in [-0.15, -0.1) is 11.3 Å². The summed E-state index contributed by atoms with van der Waals surface area (Å²) >= 11 is 1.25. The van der Waals surface area contributed by atoms with Gasteiger partial charge in [-0.05, 0) is 38.1 Å². The van der Waals surface area contributed by atoms with Crippen LogP contribution in [-0.2, 0) is 12.7 Å². The summed E-state index contributed by atoms with van der Waals surface area (Å²) in [5, 5.41) is 3.52. The highest BCUT2D eigenvalue weighted by Gasteiger charge is 2.44. The van der Waals surface area contributed by atoms with Crippen LogP contribution in [0.25, 0.3) is 0 Å². The Balaban J connectivity index is 1.90. The fourth-order valence-corrected chi connectivity index (χ4v) is 4.88. The zero-order valence-corrected chi connectivity index (χ0v) is 11.6. The third kappa shape index (κ3) is 2.40. The van der Waals surface area contributed by atoms with Crippen LogP contribution in [0.1, 0.15) is 47.2 Å². The molecule has 1 aromatic rings. The van der Waals surface area contributed by atoms with Crippen molar-refractivity contribution in [2.75, 3.05) is 7.05 Å². The van der Waals surface area contributed by atoms with Crippen LogP contribution in [-0.4, -0.2) is 12.0 Å². The molecule has 2 fully saturated rings. The molecular weight excluding hydrogens is 273 g/mol. The fourth-order valence-electron chi connectivity index (χ4n) is 3.58. The molecule has 19 heavy (non-hydrogen) atoms. The Bertz CT molecular complexity index is 469. The molecular formula is C13H17F3N2S. The standard InChI is InChI=1S/C13H17F3N2S/c1-17-6-10-11(13(14,15)16)18-12(19-10)9-5-7-2-3-8(9)4-7/h7-9,17H,2-6H2,1H3. The minimum Gasteiger partial charge on any atom is -0.315 e. The number of hydrogen-bond donors (Lipinski definition) is 1. The normalized spacial score (nSPS) is 30.2. The Labute approximate surface area is 114 Å². The molecule has 2 bridgehead atoms. The van der Waals surface area contributed by atoms with E-state index in [0.29, 0.717) is 15.8 Å². The van der Waals surface area contributed by atoms with Crippen molar-refractivity contribution >= 4 is 11.3 Å². The van der Waals surface area contributed by atoms with Gasteiger partial charge >= 0.3 is 6.18 Å². The van der Waals surface area contributed by atoms with Crippen molar-refractivity contribution in [1.82, 2.24) is 10.3 Å². The molecule has 0 amide bonds. The molecule has 3 rings (SSSR count). The van der Waals surface area contributed by atoms with Gasteiger partial charge in [0.25, 0.3) is 0 Å². The number of fused-ring (bicyclic) bond motifs is 2. The molecule has 0 radical (unpaired) electrons. The number of halogens is 3. The SMILES string of the molecule is CNCc1sc(C2CC3CCC2C3)nc1C(F)(F)F. The molecule has 1 heterocycles. The van der Waals surface area contributed by atoms with E-state index in [1.807, 2.05) is 0 Å². The van der Waals surface area contributed by atoms with Crippen LogP contribution in [0.15, 0.2) is 0 Å². The van der Waals surface area contributed by atoms with Gasteiger partial charge in [0.15, 0.2) is 5.69 Å². The van der Waals surface area contributed by atoms with Crippen molar-refractivity contribution in [2.45, 2.75) is 44.3 Å². The first-order chi connectivity index (χ1) is 8.99. The summed E-state index contributed by atoms with van der Waals surface area (Å²) in [5.41, 5.74) is -0.676. The van der Waals surface area contributed by atoms with Gasteiger partial charge in [-0.2, -0.15) is 13.2 Å². The van der Waals surface area contributed by atoms with Crippen LogP contribution in [0, 0.1) is 11.8 Å². The van der Waals surface area contributed by atoms with E-state index in [0.717, 1.165) is 18.8 Å². The number of thiazole rings is 1. The number of aromatic nitrogens is 1. The second-order valence-electron chi connectivity index (χ2n) is 5.63. The molecule has 0 spiro atoms. The molecule has 3 unspecified atom stereocenters. The first kappa shape index (κ1) is 13.4. The maximum atomic E-state index is 13.0. The smallest absolute Gasteiger partial charge is 0.315 e. The maximum Gasteiger partial charge on any atom is 0.434 e. The quantitative estimate of drug-likeness (QED) is 0.916. The Morgan fingerprint density at radius 2 is 2.11 bits per heavy atom. The number of nitrogens with one attached hydrogen (secondary N) is 1. The Hall–Kier alpha value is -0.620. The van der Waals surface area contributed by atoms with Crippen LogP contribution in [0.4, 0.5) is 13.2 Å². The zero-order chi connectivity index (χ0) is 13.6. The van der Waals surface area contributed by atoms with Gasteiger partial charge in [-0.3, -0.25) is 0 Å². The Kier molecular flexibility index (Phi) is 3.33. The van der Waals surface area contributed by atoms with Crippen LogP contribution in [0.5, 0.6) is 0 Å². The van der Waals surface area contributed by atoms with E-state index >= 15 is 0 Å². The maximum absolute atomic E-state index is 13.0. The summed E-state index contributed by atoms with van der Waals surface area (Å²) in [7, 11) is 1.66. The van der Waals surface area contributed by atoms with Gasteiger partial charge in [-0.1, -0.05) is 6.42 Å². The number of hydrogen-bond acceptors (Lipinski definition) is 3. The number of alkyl halides is 3. The highest BCUT2D eigenvalue weighted by Crippen LogP contribution is 2.54. The van der Waals surface area contributed by atoms with Crippen molar-refractivity contribution in [2.24, 2.45) is 11.8 Å². The van der Waals surface area contributed by atoms with E-state index in [2.05, 4.69) is 10.3 Å². The topological polar surface area (TPSA) is 24.9 Å². The second-order valence-corrected chi connectivity index (χ2v) is 6.75. The first-order valence-corrected chi connectivity index (χ1v) is 7.52. The largest absolute Gasteiger partial charge is 0.434 e. The lowest BCUT2D eigenvalue weighted by atomic mass is 9.89. The lowest BCUT2D eigenvalue weighted by Crippen LogP contribution is -2.13. The van der Waals surface area contributed by atoms with Crippen LogP contribution >= 0.6 is 11.3 Å². The molecule has 2 nitrogen and oxygen atoms in total. The highest BCUT2D eigenvalue weighted by atomic mass is 32.1. The van der Waals surface area contributed by atoms with Gasteiger partial charge in [0.1, 0.15) is 0 Å². The Morgan fingerprint density at radius 3 is 2.63 bits per heavy atom. The minimum atomic E-state index is -4.33. The van der Waals surface area contributed by atoms with Crippen molar-refractivity contribution in [1.29, 1.82) is 0 Å². The number of nitrogens with zero attached hydrogens (tertiary/aromatic N) is 1. The zero-order valence-electron chi connectivity index (χ0n) is 10.8. The molecule has 0 saturated heterocycles. The molecule has 106 valence electrons. The molecule has 2 aliphatic rings. The third-order valence-electron chi connectivity index (χ3n) is 4.38. The second kappa shape index (κ2) is 4.74. The van der Waals surface area contributed by atoms with Gasteiger partial charge in [0.2, 0.25) is 0 Å². The van der Waals surface area contributed by atoms with Crippen LogP contribution in [0.2, 0.25) is 0 Å². The average Bonchev–Trinajstić information content (AvgIpc) is 3.01. The van der Waals surface area contributed by atoms with E-state index in [9.17, 15) is 13.2 Å². The lowest BCUT2D eigenvalue weighted by Gasteiger charge is -2.18. The molecule has 1 aromatic heterocycles. The predicted octanol–water partition coefficient (Wildman–Crippen LogP) is 3.78. The number of rotatable bonds is 3. The van der Waals surface area contributed by atoms with Crippen LogP contribution in [0.3, 0.4) is 0 Å². The van der Waals surface area contributed by atoms with E-state index in [-0.39, 0.29) is 12.5 Å². The monoisotopic (exact) mass is 290 g/mol. The molecule has 0 aliphatic heterocycles. The van der Waals surface area contributed by atoms with Crippen molar-refractivity contribution < 1.29 is 13.2 Å². The van der Waals surface area contributed by atoms with Gasteiger partial charge in [-0.25, -0.2) is 4.98 Å². The van der Waals surface area contributed by atoms with Gasteiger partial charge < -0.3 is 5.32 Å². The molecule has 2 saturated carbocycles. The summed E-state index contributed by atoms with van der Waals surface area (Å²) in [6.07, 6.45) is 0.305. The first-order valence-electron chi connectivity index (χ1n) is 6.70. The van der Waals surface area contributed by atoms with Crippen molar-refractivity contribution in [3.8, 4) is 0 Å². The lowest BCUT2D eigenvalue weighted by molar-refractivity contribution is -0.141. The van der Waals surface area contributed by atoms with E-state index in [1.54, 1.807) is 7.05 Å². The molecule has 1 N–H and O–H groups in total. The third-order valence-corrected chi connectivity index (χ3v) is 5.56. The summed E-state index contributed by atoms with van der Waals surface area (Å²) in [6.45, 7) is 0.243. The van der Waals surface area contributed by atoms with E-state index < -0.39 is 11.9 Å². The van der Waals surface area contributed by atoms with Gasteiger partial charge in [0, 0.05) is 12.5 Å². The average molecular weight is 290 g/mol. The summed E-state index contributed by atoms with van der Waals surface area (Å²) in [6, 6.07) is 0. The Morgan fingerprint density at radius 1 is 1.32 bits per heavy atom. The summed E-state index contributed by atoms with van der Waals surface area (Å²) < 4.78 is 38.9. The highest BCUT2D eigenvalue weighted by molar-refractivity contribution is 7.11. The summed E-state index contributed by atoms with van der Waals surface area (Å²) in [4.78, 5) is 4.28. The van der Waals surface area contributed by atoms with Crippen LogP contribution < -0.4 is 5.32 Å². The fraction of sp³-hybridized carbons (Fsp3) is 0.769. The molecule has 3 atom stereocenters. The molecule has 0 aromatic carbocycles.